The molecule has 0 radical (unpaired) electrons. The van der Waals surface area contributed by atoms with Gasteiger partial charge in [0.1, 0.15) is 5.82 Å². The second-order valence-corrected chi connectivity index (χ2v) is 8.72. The first-order valence-corrected chi connectivity index (χ1v) is 11.6. The molecule has 3 rings (SSSR count). The van der Waals surface area contributed by atoms with Gasteiger partial charge in [0.2, 0.25) is 0 Å². The van der Waals surface area contributed by atoms with Gasteiger partial charge in [-0.2, -0.15) is 0 Å². The number of unbranched alkanes of at least 4 members (excludes halogenated alkanes) is 1. The Hall–Kier alpha value is -2.59. The van der Waals surface area contributed by atoms with E-state index in [-0.39, 0.29) is 0 Å². The second kappa shape index (κ2) is 10.6. The molecule has 4 nitrogen and oxygen atoms in total. The van der Waals surface area contributed by atoms with E-state index in [4.69, 9.17) is 0 Å². The van der Waals surface area contributed by atoms with Crippen LogP contribution in [0.3, 0.4) is 0 Å². The van der Waals surface area contributed by atoms with Crippen LogP contribution in [0.5, 0.6) is 0 Å². The molecule has 0 saturated carbocycles. The average molecular weight is 419 g/mol. The topological polar surface area (TPSA) is 31.4 Å². The number of pyridine rings is 1. The maximum Gasteiger partial charge on any atom is 0.130 e. The number of hydrogen-bond acceptors (Lipinski definition) is 4. The summed E-state index contributed by atoms with van der Waals surface area (Å²) in [4.78, 5) is 9.34. The van der Waals surface area contributed by atoms with Crippen LogP contribution in [0.4, 0.5) is 5.82 Å². The van der Waals surface area contributed by atoms with Gasteiger partial charge in [0.25, 0.3) is 0 Å². The third-order valence-electron chi connectivity index (χ3n) is 6.42. The summed E-state index contributed by atoms with van der Waals surface area (Å²) in [5, 5.41) is 5.81. The van der Waals surface area contributed by atoms with Gasteiger partial charge in [-0.1, -0.05) is 44.7 Å². The van der Waals surface area contributed by atoms with E-state index in [9.17, 15) is 0 Å². The molecular formula is C27H38N4. The molecule has 0 spiro atoms. The number of likely N-dealkylation sites (tertiary alicyclic amines) is 1. The van der Waals surface area contributed by atoms with Crippen LogP contribution in [-0.2, 0) is 0 Å². The van der Waals surface area contributed by atoms with E-state index in [0.717, 1.165) is 28.3 Å². The number of allylic oxidation sites excluding steroid dienone is 3. The number of fused-ring (bicyclic) bond motifs is 1. The highest BCUT2D eigenvalue weighted by Gasteiger charge is 2.21. The van der Waals surface area contributed by atoms with Gasteiger partial charge in [-0.15, -0.1) is 0 Å². The summed E-state index contributed by atoms with van der Waals surface area (Å²) in [6.45, 7) is 18.3. The molecular weight excluding hydrogens is 380 g/mol. The van der Waals surface area contributed by atoms with E-state index < -0.39 is 0 Å². The highest BCUT2D eigenvalue weighted by Crippen LogP contribution is 2.28. The Morgan fingerprint density at radius 1 is 1.23 bits per heavy atom. The number of rotatable bonds is 9. The standard InChI is InChI=1S/C27H38N4/c1-7-9-14-31-15-12-22(13-16-31)21(5)29-27-18-25-17-23(10-11-24(25)19-28-27)26(8-2)30(6)20(3)4/h8,10-11,17-19,22H,3,5,7,9,12-16H2,1-2,4,6H3,(H,28,29)/b26-8-. The fourth-order valence-corrected chi connectivity index (χ4v) is 4.28. The Morgan fingerprint density at radius 2 is 1.97 bits per heavy atom. The third kappa shape index (κ3) is 5.76. The molecule has 1 aliphatic rings. The number of hydrogen-bond donors (Lipinski definition) is 1. The summed E-state index contributed by atoms with van der Waals surface area (Å²) in [6.07, 6.45) is 8.98. The number of aromatic nitrogens is 1. The maximum absolute atomic E-state index is 4.63. The Labute approximate surface area is 188 Å². The summed E-state index contributed by atoms with van der Waals surface area (Å²) in [7, 11) is 2.05. The van der Waals surface area contributed by atoms with Crippen LogP contribution in [0.25, 0.3) is 16.5 Å². The van der Waals surface area contributed by atoms with E-state index in [1.165, 1.54) is 56.3 Å². The largest absolute Gasteiger partial charge is 0.349 e. The van der Waals surface area contributed by atoms with Crippen molar-refractivity contribution in [3.63, 3.8) is 0 Å². The first kappa shape index (κ1) is 23.1. The van der Waals surface area contributed by atoms with Crippen LogP contribution in [0.1, 0.15) is 52.0 Å². The Morgan fingerprint density at radius 3 is 2.61 bits per heavy atom. The van der Waals surface area contributed by atoms with Crippen molar-refractivity contribution in [2.45, 2.75) is 46.5 Å². The lowest BCUT2D eigenvalue weighted by molar-refractivity contribution is 0.197. The summed E-state index contributed by atoms with van der Waals surface area (Å²) < 4.78 is 0. The molecule has 1 aliphatic heterocycles. The molecule has 0 atom stereocenters. The zero-order valence-corrected chi connectivity index (χ0v) is 19.7. The van der Waals surface area contributed by atoms with E-state index in [1.807, 2.05) is 13.1 Å². The van der Waals surface area contributed by atoms with Gasteiger partial charge in [-0.05, 0) is 75.8 Å². The maximum atomic E-state index is 4.63. The Bertz CT molecular complexity index is 951. The Kier molecular flexibility index (Phi) is 7.91. The van der Waals surface area contributed by atoms with Crippen LogP contribution in [0.2, 0.25) is 0 Å². The summed E-state index contributed by atoms with van der Waals surface area (Å²) >= 11 is 0. The van der Waals surface area contributed by atoms with Crippen molar-refractivity contribution in [1.29, 1.82) is 0 Å². The van der Waals surface area contributed by atoms with Crippen LogP contribution >= 0.6 is 0 Å². The molecule has 1 N–H and O–H groups in total. The van der Waals surface area contributed by atoms with Gasteiger partial charge in [0.15, 0.2) is 0 Å². The molecule has 0 aliphatic carbocycles. The average Bonchev–Trinajstić information content (AvgIpc) is 2.78. The fraction of sp³-hybridized carbons (Fsp3) is 0.444. The predicted octanol–water partition coefficient (Wildman–Crippen LogP) is 6.50. The first-order chi connectivity index (χ1) is 14.9. The van der Waals surface area contributed by atoms with Gasteiger partial charge >= 0.3 is 0 Å². The van der Waals surface area contributed by atoms with Crippen molar-refractivity contribution in [3.05, 3.63) is 66.7 Å². The number of nitrogens with one attached hydrogen (secondary N) is 1. The molecule has 0 amide bonds. The first-order valence-electron chi connectivity index (χ1n) is 11.6. The van der Waals surface area contributed by atoms with Crippen molar-refractivity contribution < 1.29 is 0 Å². The van der Waals surface area contributed by atoms with Gasteiger partial charge in [0, 0.05) is 41.6 Å². The summed E-state index contributed by atoms with van der Waals surface area (Å²) in [6, 6.07) is 8.65. The van der Waals surface area contributed by atoms with Crippen molar-refractivity contribution in [2.75, 3.05) is 32.0 Å². The van der Waals surface area contributed by atoms with Crippen LogP contribution in [0, 0.1) is 5.92 Å². The number of nitrogens with zero attached hydrogens (tertiary/aromatic N) is 3. The highest BCUT2D eigenvalue weighted by atomic mass is 15.1. The lowest BCUT2D eigenvalue weighted by Crippen LogP contribution is -2.35. The minimum Gasteiger partial charge on any atom is -0.349 e. The molecule has 1 saturated heterocycles. The minimum absolute atomic E-state index is 0.514. The minimum atomic E-state index is 0.514. The third-order valence-corrected chi connectivity index (χ3v) is 6.42. The van der Waals surface area contributed by atoms with Crippen molar-refractivity contribution in [1.82, 2.24) is 14.8 Å². The van der Waals surface area contributed by atoms with Gasteiger partial charge < -0.3 is 15.1 Å². The molecule has 1 aromatic heterocycles. The number of anilines is 1. The summed E-state index contributed by atoms with van der Waals surface area (Å²) in [5.41, 5.74) is 4.44. The van der Waals surface area contributed by atoms with Crippen molar-refractivity contribution in [2.24, 2.45) is 5.92 Å². The van der Waals surface area contributed by atoms with E-state index in [1.54, 1.807) is 0 Å². The van der Waals surface area contributed by atoms with Gasteiger partial charge in [-0.25, -0.2) is 4.98 Å². The van der Waals surface area contributed by atoms with Gasteiger partial charge in [-0.3, -0.25) is 0 Å². The van der Waals surface area contributed by atoms with Gasteiger partial charge in [0.05, 0.1) is 0 Å². The molecule has 31 heavy (non-hydrogen) atoms. The van der Waals surface area contributed by atoms with Crippen molar-refractivity contribution in [3.8, 4) is 0 Å². The smallest absolute Gasteiger partial charge is 0.130 e. The van der Waals surface area contributed by atoms with E-state index >= 15 is 0 Å². The fourth-order valence-electron chi connectivity index (χ4n) is 4.28. The van der Waals surface area contributed by atoms with Crippen LogP contribution in [-0.4, -0.2) is 41.5 Å². The molecule has 4 heteroatoms. The van der Waals surface area contributed by atoms with Crippen LogP contribution < -0.4 is 5.32 Å². The predicted molar refractivity (Wildman–Crippen MR) is 135 cm³/mol. The number of piperidine rings is 1. The molecule has 2 aromatic rings. The Balaban J connectivity index is 1.70. The summed E-state index contributed by atoms with van der Waals surface area (Å²) in [5.74, 6) is 1.39. The van der Waals surface area contributed by atoms with Crippen molar-refractivity contribution >= 4 is 22.3 Å². The molecule has 166 valence electrons. The zero-order valence-electron chi connectivity index (χ0n) is 19.7. The second-order valence-electron chi connectivity index (χ2n) is 8.72. The van der Waals surface area contributed by atoms with E-state index in [2.05, 4.69) is 84.5 Å². The molecule has 1 fully saturated rings. The molecule has 0 unspecified atom stereocenters. The highest BCUT2D eigenvalue weighted by molar-refractivity contribution is 5.87. The van der Waals surface area contributed by atoms with E-state index in [0.29, 0.717) is 5.92 Å². The monoisotopic (exact) mass is 418 g/mol. The quantitative estimate of drug-likeness (QED) is 0.504. The molecule has 1 aromatic carbocycles. The normalized spacial score (nSPS) is 15.8. The zero-order chi connectivity index (χ0) is 22.4. The SMILES string of the molecule is C=C(Nc1cc2cc(/C(=C/C)N(C)C(=C)C)ccc2cn1)C1CCN(CCCC)CC1. The van der Waals surface area contributed by atoms with Crippen LogP contribution in [0.15, 0.2) is 61.1 Å². The molecule has 0 bridgehead atoms. The lowest BCUT2D eigenvalue weighted by Gasteiger charge is -2.33. The lowest BCUT2D eigenvalue weighted by atomic mass is 9.94. The molecule has 2 heterocycles. The number of benzene rings is 1.